The van der Waals surface area contributed by atoms with Crippen LogP contribution in [-0.2, 0) is 11.3 Å². The quantitative estimate of drug-likeness (QED) is 0.842. The van der Waals surface area contributed by atoms with Gasteiger partial charge in [0.1, 0.15) is 0 Å². The predicted molar refractivity (Wildman–Crippen MR) is 74.5 cm³/mol. The number of nitrogens with zero attached hydrogens (tertiary/aromatic N) is 1. The minimum Gasteiger partial charge on any atom is -0.381 e. The molecule has 1 fully saturated rings. The standard InChI is InChI=1S/C13H17BrClNO/c1-16(12-4-6-17-7-5-12)9-10-8-11(15)2-3-13(10)14/h2-3,8,12H,4-7,9H2,1H3. The summed E-state index contributed by atoms with van der Waals surface area (Å²) in [5.74, 6) is 0. The molecule has 1 heterocycles. The van der Waals surface area contributed by atoms with Gasteiger partial charge < -0.3 is 4.74 Å². The first-order valence-corrected chi connectivity index (χ1v) is 7.06. The smallest absolute Gasteiger partial charge is 0.0480 e. The lowest BCUT2D eigenvalue weighted by Crippen LogP contribution is -2.36. The van der Waals surface area contributed by atoms with Crippen molar-refractivity contribution in [2.24, 2.45) is 0 Å². The molecule has 0 bridgehead atoms. The van der Waals surface area contributed by atoms with Crippen LogP contribution in [0.5, 0.6) is 0 Å². The van der Waals surface area contributed by atoms with Crippen LogP contribution in [0.25, 0.3) is 0 Å². The van der Waals surface area contributed by atoms with Crippen molar-refractivity contribution in [1.82, 2.24) is 4.90 Å². The van der Waals surface area contributed by atoms with E-state index in [1.807, 2.05) is 18.2 Å². The van der Waals surface area contributed by atoms with Crippen LogP contribution >= 0.6 is 27.5 Å². The minimum atomic E-state index is 0.620. The van der Waals surface area contributed by atoms with Crippen molar-refractivity contribution in [2.75, 3.05) is 20.3 Å². The second-order valence-corrected chi connectivity index (χ2v) is 5.79. The summed E-state index contributed by atoms with van der Waals surface area (Å²) in [7, 11) is 2.17. The molecule has 0 N–H and O–H groups in total. The van der Waals surface area contributed by atoms with Gasteiger partial charge in [0.05, 0.1) is 0 Å². The second kappa shape index (κ2) is 6.19. The van der Waals surface area contributed by atoms with E-state index in [0.29, 0.717) is 6.04 Å². The fourth-order valence-corrected chi connectivity index (χ4v) is 2.75. The lowest BCUT2D eigenvalue weighted by molar-refractivity contribution is 0.0406. The zero-order chi connectivity index (χ0) is 12.3. The van der Waals surface area contributed by atoms with Crippen molar-refractivity contribution in [3.8, 4) is 0 Å². The third-order valence-corrected chi connectivity index (χ3v) is 4.25. The zero-order valence-corrected chi connectivity index (χ0v) is 12.3. The van der Waals surface area contributed by atoms with Crippen LogP contribution in [0.3, 0.4) is 0 Å². The topological polar surface area (TPSA) is 12.5 Å². The maximum absolute atomic E-state index is 6.03. The van der Waals surface area contributed by atoms with Crippen molar-refractivity contribution in [1.29, 1.82) is 0 Å². The normalized spacial score (nSPS) is 17.6. The molecule has 1 aliphatic rings. The highest BCUT2D eigenvalue weighted by molar-refractivity contribution is 9.10. The molecule has 0 unspecified atom stereocenters. The van der Waals surface area contributed by atoms with E-state index < -0.39 is 0 Å². The molecule has 0 saturated carbocycles. The van der Waals surface area contributed by atoms with Gasteiger partial charge in [0.25, 0.3) is 0 Å². The number of hydrogen-bond acceptors (Lipinski definition) is 2. The van der Waals surface area contributed by atoms with Crippen molar-refractivity contribution in [3.05, 3.63) is 33.3 Å². The third kappa shape index (κ3) is 3.68. The van der Waals surface area contributed by atoms with Gasteiger partial charge in [-0.15, -0.1) is 0 Å². The van der Waals surface area contributed by atoms with E-state index in [2.05, 4.69) is 27.9 Å². The van der Waals surface area contributed by atoms with Gasteiger partial charge in [-0.1, -0.05) is 27.5 Å². The van der Waals surface area contributed by atoms with E-state index in [9.17, 15) is 0 Å². The molecule has 0 radical (unpaired) electrons. The van der Waals surface area contributed by atoms with Gasteiger partial charge >= 0.3 is 0 Å². The Balaban J connectivity index is 2.01. The van der Waals surface area contributed by atoms with Crippen LogP contribution in [-0.4, -0.2) is 31.2 Å². The van der Waals surface area contributed by atoms with Gasteiger partial charge in [-0.3, -0.25) is 4.90 Å². The molecule has 1 aromatic rings. The summed E-state index contributed by atoms with van der Waals surface area (Å²) in [6.07, 6.45) is 2.24. The molecule has 1 aliphatic heterocycles. The predicted octanol–water partition coefficient (Wildman–Crippen LogP) is 3.71. The molecule has 94 valence electrons. The van der Waals surface area contributed by atoms with Gasteiger partial charge in [-0.2, -0.15) is 0 Å². The Kier molecular flexibility index (Phi) is 4.86. The molecule has 17 heavy (non-hydrogen) atoms. The number of rotatable bonds is 3. The van der Waals surface area contributed by atoms with Gasteiger partial charge in [-0.05, 0) is 43.7 Å². The maximum atomic E-state index is 6.03. The molecule has 2 nitrogen and oxygen atoms in total. The first kappa shape index (κ1) is 13.3. The zero-order valence-electron chi connectivity index (χ0n) is 9.96. The number of halogens is 2. The summed E-state index contributed by atoms with van der Waals surface area (Å²) in [6.45, 7) is 2.68. The van der Waals surface area contributed by atoms with E-state index in [4.69, 9.17) is 16.3 Å². The first-order valence-electron chi connectivity index (χ1n) is 5.89. The van der Waals surface area contributed by atoms with Crippen LogP contribution in [0.2, 0.25) is 5.02 Å². The monoisotopic (exact) mass is 317 g/mol. The highest BCUT2D eigenvalue weighted by atomic mass is 79.9. The fraction of sp³-hybridized carbons (Fsp3) is 0.538. The Labute approximate surface area is 116 Å². The third-order valence-electron chi connectivity index (χ3n) is 3.24. The Morgan fingerprint density at radius 1 is 1.41 bits per heavy atom. The minimum absolute atomic E-state index is 0.620. The summed E-state index contributed by atoms with van der Waals surface area (Å²) >= 11 is 9.60. The summed E-state index contributed by atoms with van der Waals surface area (Å²) in [4.78, 5) is 2.39. The Hall–Kier alpha value is -0.0900. The number of hydrogen-bond donors (Lipinski definition) is 0. The van der Waals surface area contributed by atoms with Crippen molar-refractivity contribution >= 4 is 27.5 Å². The molecular weight excluding hydrogens is 302 g/mol. The van der Waals surface area contributed by atoms with Crippen LogP contribution < -0.4 is 0 Å². The average molecular weight is 319 g/mol. The highest BCUT2D eigenvalue weighted by Crippen LogP contribution is 2.24. The molecule has 4 heteroatoms. The van der Waals surface area contributed by atoms with Gasteiger partial charge in [0.15, 0.2) is 0 Å². The maximum Gasteiger partial charge on any atom is 0.0480 e. The van der Waals surface area contributed by atoms with E-state index in [1.54, 1.807) is 0 Å². The van der Waals surface area contributed by atoms with Crippen LogP contribution in [0.4, 0.5) is 0 Å². The molecule has 0 aromatic heterocycles. The lowest BCUT2D eigenvalue weighted by Gasteiger charge is -2.31. The van der Waals surface area contributed by atoms with Gasteiger partial charge in [-0.25, -0.2) is 0 Å². The van der Waals surface area contributed by atoms with Crippen LogP contribution in [0.15, 0.2) is 22.7 Å². The van der Waals surface area contributed by atoms with E-state index >= 15 is 0 Å². The molecule has 1 aromatic carbocycles. The second-order valence-electron chi connectivity index (χ2n) is 4.49. The fourth-order valence-electron chi connectivity index (χ4n) is 2.19. The molecule has 0 amide bonds. The molecule has 0 spiro atoms. The molecule has 1 saturated heterocycles. The molecule has 0 atom stereocenters. The van der Waals surface area contributed by atoms with Crippen molar-refractivity contribution < 1.29 is 4.74 Å². The van der Waals surface area contributed by atoms with Crippen molar-refractivity contribution in [3.63, 3.8) is 0 Å². The Morgan fingerprint density at radius 2 is 2.12 bits per heavy atom. The van der Waals surface area contributed by atoms with Gasteiger partial charge in [0, 0.05) is 35.3 Å². The summed E-state index contributed by atoms with van der Waals surface area (Å²) < 4.78 is 6.51. The van der Waals surface area contributed by atoms with Crippen LogP contribution in [0.1, 0.15) is 18.4 Å². The van der Waals surface area contributed by atoms with E-state index in [-0.39, 0.29) is 0 Å². The highest BCUT2D eigenvalue weighted by Gasteiger charge is 2.19. The van der Waals surface area contributed by atoms with Crippen LogP contribution in [0, 0.1) is 0 Å². The SMILES string of the molecule is CN(Cc1cc(Cl)ccc1Br)C1CCOCC1. The van der Waals surface area contributed by atoms with Crippen molar-refractivity contribution in [2.45, 2.75) is 25.4 Å². The number of benzene rings is 1. The van der Waals surface area contributed by atoms with Gasteiger partial charge in [0.2, 0.25) is 0 Å². The Bertz CT molecular complexity index is 380. The lowest BCUT2D eigenvalue weighted by atomic mass is 10.1. The summed E-state index contributed by atoms with van der Waals surface area (Å²) in [5.41, 5.74) is 1.24. The largest absolute Gasteiger partial charge is 0.381 e. The summed E-state index contributed by atoms with van der Waals surface area (Å²) in [5, 5.41) is 0.795. The Morgan fingerprint density at radius 3 is 2.82 bits per heavy atom. The van der Waals surface area contributed by atoms with E-state index in [1.165, 1.54) is 5.56 Å². The number of ether oxygens (including phenoxy) is 1. The van der Waals surface area contributed by atoms with E-state index in [0.717, 1.165) is 42.1 Å². The molecule has 0 aliphatic carbocycles. The molecular formula is C13H17BrClNO. The summed E-state index contributed by atoms with van der Waals surface area (Å²) in [6, 6.07) is 6.57. The average Bonchev–Trinajstić information content (AvgIpc) is 2.35. The first-order chi connectivity index (χ1) is 8.16. The molecule has 2 rings (SSSR count).